The van der Waals surface area contributed by atoms with Gasteiger partial charge in [-0.2, -0.15) is 0 Å². The van der Waals surface area contributed by atoms with Crippen LogP contribution >= 0.6 is 0 Å². The third-order valence-electron chi connectivity index (χ3n) is 2.71. The van der Waals surface area contributed by atoms with Crippen molar-refractivity contribution in [1.82, 2.24) is 9.55 Å². The first kappa shape index (κ1) is 13.6. The van der Waals surface area contributed by atoms with Crippen LogP contribution in [-0.2, 0) is 7.05 Å². The quantitative estimate of drug-likeness (QED) is 0.358. The minimum absolute atomic E-state index is 0.0678. The number of para-hydroxylation sites is 1. The van der Waals surface area contributed by atoms with Crippen LogP contribution in [0.15, 0.2) is 36.8 Å². The first-order valence-corrected chi connectivity index (χ1v) is 5.77. The van der Waals surface area contributed by atoms with Gasteiger partial charge in [0.25, 0.3) is 5.69 Å². The maximum atomic E-state index is 12.0. The van der Waals surface area contributed by atoms with Gasteiger partial charge < -0.3 is 4.57 Å². The topological polar surface area (TPSA) is 95.1 Å². The average Bonchev–Trinajstić information content (AvgIpc) is 2.85. The van der Waals surface area contributed by atoms with Gasteiger partial charge in [-0.3, -0.25) is 19.7 Å². The predicted octanol–water partition coefficient (Wildman–Crippen LogP) is 1.78. The van der Waals surface area contributed by atoms with Gasteiger partial charge in [-0.1, -0.05) is 12.1 Å². The normalized spacial score (nSPS) is 10.2. The standard InChI is InChI=1S/C13H11N3O4/c1-15-7-10(14-8-15)13(18)6-12(17)9-4-2-3-5-11(9)16(19)20/h2-5,7-8H,6H2,1H3. The van der Waals surface area contributed by atoms with E-state index in [4.69, 9.17) is 0 Å². The number of nitro groups is 1. The molecule has 0 saturated heterocycles. The van der Waals surface area contributed by atoms with Crippen LogP contribution in [0.2, 0.25) is 0 Å². The van der Waals surface area contributed by atoms with Crippen molar-refractivity contribution in [2.45, 2.75) is 6.42 Å². The number of imidazole rings is 1. The van der Waals surface area contributed by atoms with E-state index in [1.54, 1.807) is 11.6 Å². The number of ketones is 2. The summed E-state index contributed by atoms with van der Waals surface area (Å²) in [5.41, 5.74) is -0.201. The van der Waals surface area contributed by atoms with Crippen LogP contribution < -0.4 is 0 Å². The fourth-order valence-corrected chi connectivity index (χ4v) is 1.76. The molecule has 0 unspecified atom stereocenters. The summed E-state index contributed by atoms with van der Waals surface area (Å²) in [5, 5.41) is 10.8. The predicted molar refractivity (Wildman–Crippen MR) is 69.6 cm³/mol. The monoisotopic (exact) mass is 273 g/mol. The largest absolute Gasteiger partial charge is 0.340 e. The molecule has 0 amide bonds. The molecule has 7 heteroatoms. The molecule has 2 aromatic rings. The van der Waals surface area contributed by atoms with Crippen LogP contribution in [0.5, 0.6) is 0 Å². The number of nitro benzene ring substituents is 1. The maximum absolute atomic E-state index is 12.0. The summed E-state index contributed by atoms with van der Waals surface area (Å²) in [6.45, 7) is 0. The summed E-state index contributed by atoms with van der Waals surface area (Å²) >= 11 is 0. The van der Waals surface area contributed by atoms with Gasteiger partial charge in [0.15, 0.2) is 11.6 Å². The van der Waals surface area contributed by atoms with E-state index in [1.807, 2.05) is 0 Å². The lowest BCUT2D eigenvalue weighted by molar-refractivity contribution is -0.385. The Kier molecular flexibility index (Phi) is 3.69. The summed E-state index contributed by atoms with van der Waals surface area (Å²) in [4.78, 5) is 37.9. The van der Waals surface area contributed by atoms with E-state index in [2.05, 4.69) is 4.98 Å². The first-order chi connectivity index (χ1) is 9.49. The molecule has 0 saturated carbocycles. The van der Waals surface area contributed by atoms with Gasteiger partial charge >= 0.3 is 0 Å². The highest BCUT2D eigenvalue weighted by molar-refractivity contribution is 6.14. The number of rotatable bonds is 5. The van der Waals surface area contributed by atoms with E-state index in [0.29, 0.717) is 0 Å². The molecular formula is C13H11N3O4. The lowest BCUT2D eigenvalue weighted by Crippen LogP contribution is -2.10. The highest BCUT2D eigenvalue weighted by Gasteiger charge is 2.22. The van der Waals surface area contributed by atoms with E-state index in [1.165, 1.54) is 36.8 Å². The van der Waals surface area contributed by atoms with Crippen molar-refractivity contribution in [3.63, 3.8) is 0 Å². The molecule has 0 aliphatic rings. The first-order valence-electron chi connectivity index (χ1n) is 5.77. The number of hydrogen-bond acceptors (Lipinski definition) is 5. The number of Topliss-reactive ketones (excluding diaryl/α,β-unsaturated/α-hetero) is 2. The molecule has 2 rings (SSSR count). The van der Waals surface area contributed by atoms with Crippen LogP contribution in [-0.4, -0.2) is 26.0 Å². The molecule has 1 aromatic carbocycles. The Balaban J connectivity index is 2.21. The smallest absolute Gasteiger partial charge is 0.280 e. The zero-order valence-corrected chi connectivity index (χ0v) is 10.6. The van der Waals surface area contributed by atoms with Gasteiger partial charge in [-0.25, -0.2) is 4.98 Å². The maximum Gasteiger partial charge on any atom is 0.280 e. The number of hydrogen-bond donors (Lipinski definition) is 0. The fraction of sp³-hybridized carbons (Fsp3) is 0.154. The van der Waals surface area contributed by atoms with E-state index in [9.17, 15) is 19.7 Å². The molecular weight excluding hydrogens is 262 g/mol. The summed E-state index contributed by atoms with van der Waals surface area (Å²) < 4.78 is 1.59. The zero-order valence-electron chi connectivity index (χ0n) is 10.6. The van der Waals surface area contributed by atoms with Gasteiger partial charge in [0.05, 0.1) is 23.2 Å². The number of nitrogens with zero attached hydrogens (tertiary/aromatic N) is 3. The third kappa shape index (κ3) is 2.77. The summed E-state index contributed by atoms with van der Waals surface area (Å²) in [6.07, 6.45) is 2.50. The Morgan fingerprint density at radius 1 is 1.30 bits per heavy atom. The second-order valence-corrected chi connectivity index (χ2v) is 4.22. The number of carbonyl (C=O) groups is 2. The van der Waals surface area contributed by atoms with Gasteiger partial charge in [0.1, 0.15) is 5.69 Å². The molecule has 0 aliphatic carbocycles. The van der Waals surface area contributed by atoms with Crippen molar-refractivity contribution < 1.29 is 14.5 Å². The zero-order chi connectivity index (χ0) is 14.7. The summed E-state index contributed by atoms with van der Waals surface area (Å²) in [6, 6.07) is 5.56. The Hall–Kier alpha value is -2.83. The number of carbonyl (C=O) groups excluding carboxylic acids is 2. The van der Waals surface area contributed by atoms with E-state index >= 15 is 0 Å². The lowest BCUT2D eigenvalue weighted by atomic mass is 10.0. The molecule has 0 spiro atoms. The molecule has 0 bridgehead atoms. The number of benzene rings is 1. The Labute approximate surface area is 114 Å². The molecule has 20 heavy (non-hydrogen) atoms. The van der Waals surface area contributed by atoms with Crippen LogP contribution in [0.3, 0.4) is 0 Å². The highest BCUT2D eigenvalue weighted by atomic mass is 16.6. The molecule has 0 N–H and O–H groups in total. The molecule has 0 aliphatic heterocycles. The summed E-state index contributed by atoms with van der Waals surface area (Å²) in [5.74, 6) is -1.05. The van der Waals surface area contributed by atoms with Crippen molar-refractivity contribution in [3.8, 4) is 0 Å². The second-order valence-electron chi connectivity index (χ2n) is 4.22. The van der Waals surface area contributed by atoms with Crippen molar-refractivity contribution >= 4 is 17.3 Å². The Morgan fingerprint density at radius 2 is 2.00 bits per heavy atom. The SMILES string of the molecule is Cn1cnc(C(=O)CC(=O)c2ccccc2[N+](=O)[O-])c1. The molecule has 0 radical (unpaired) electrons. The Morgan fingerprint density at radius 3 is 2.60 bits per heavy atom. The average molecular weight is 273 g/mol. The van der Waals surface area contributed by atoms with E-state index < -0.39 is 22.9 Å². The minimum Gasteiger partial charge on any atom is -0.340 e. The molecule has 7 nitrogen and oxygen atoms in total. The summed E-state index contributed by atoms with van der Waals surface area (Å²) in [7, 11) is 1.70. The lowest BCUT2D eigenvalue weighted by Gasteiger charge is -2.00. The van der Waals surface area contributed by atoms with Gasteiger partial charge in [-0.15, -0.1) is 0 Å². The van der Waals surface area contributed by atoms with Crippen molar-refractivity contribution in [2.75, 3.05) is 0 Å². The number of aromatic nitrogens is 2. The van der Waals surface area contributed by atoms with Gasteiger partial charge in [-0.05, 0) is 6.07 Å². The molecule has 0 fully saturated rings. The van der Waals surface area contributed by atoms with Crippen LogP contribution in [0.1, 0.15) is 27.3 Å². The Bertz CT molecular complexity index is 690. The van der Waals surface area contributed by atoms with E-state index in [-0.39, 0.29) is 16.9 Å². The van der Waals surface area contributed by atoms with E-state index in [0.717, 1.165) is 0 Å². The van der Waals surface area contributed by atoms with Crippen molar-refractivity contribution in [3.05, 3.63) is 58.2 Å². The fourth-order valence-electron chi connectivity index (χ4n) is 1.76. The second kappa shape index (κ2) is 5.43. The van der Waals surface area contributed by atoms with Crippen LogP contribution in [0.25, 0.3) is 0 Å². The molecule has 1 heterocycles. The minimum atomic E-state index is -0.640. The molecule has 102 valence electrons. The van der Waals surface area contributed by atoms with Gasteiger partial charge in [0, 0.05) is 19.3 Å². The van der Waals surface area contributed by atoms with Crippen LogP contribution in [0, 0.1) is 10.1 Å². The van der Waals surface area contributed by atoms with Crippen molar-refractivity contribution in [1.29, 1.82) is 0 Å². The van der Waals surface area contributed by atoms with Gasteiger partial charge in [0.2, 0.25) is 0 Å². The van der Waals surface area contributed by atoms with Crippen LogP contribution in [0.4, 0.5) is 5.69 Å². The molecule has 1 aromatic heterocycles. The highest BCUT2D eigenvalue weighted by Crippen LogP contribution is 2.19. The third-order valence-corrected chi connectivity index (χ3v) is 2.71. The molecule has 0 atom stereocenters. The number of aryl methyl sites for hydroxylation is 1. The van der Waals surface area contributed by atoms with Crippen molar-refractivity contribution in [2.24, 2.45) is 7.05 Å².